The van der Waals surface area contributed by atoms with E-state index in [0.29, 0.717) is 15.7 Å². The lowest BCUT2D eigenvalue weighted by atomic mass is 10.4. The lowest BCUT2D eigenvalue weighted by molar-refractivity contribution is 0.259. The number of benzene rings is 1. The van der Waals surface area contributed by atoms with Crippen LogP contribution in [-0.2, 0) is 16.6 Å². The minimum atomic E-state index is -1.31. The Hall–Kier alpha value is -1.80. The molecule has 3 N–H and O–H groups in total. The first kappa shape index (κ1) is 13.6. The Morgan fingerprint density at radius 3 is 2.74 bits per heavy atom. The molecule has 0 spiro atoms. The average molecular weight is 299 g/mol. The summed E-state index contributed by atoms with van der Waals surface area (Å²) in [6, 6.07) is 4.77. The van der Waals surface area contributed by atoms with Gasteiger partial charge in [-0.15, -0.1) is 11.3 Å². The number of nitrogens with one attached hydrogen (secondary N) is 1. The van der Waals surface area contributed by atoms with Crippen molar-refractivity contribution in [2.24, 2.45) is 5.73 Å². The number of rotatable bonds is 4. The van der Waals surface area contributed by atoms with Crippen LogP contribution >= 0.6 is 11.3 Å². The highest BCUT2D eigenvalue weighted by Gasteiger charge is 2.09. The summed E-state index contributed by atoms with van der Waals surface area (Å²) in [4.78, 5) is 15.2. The molecule has 0 saturated heterocycles. The largest absolute Gasteiger partial charge is 0.351 e. The number of primary amides is 1. The number of anilines is 1. The minimum Gasteiger partial charge on any atom is -0.351 e. The van der Waals surface area contributed by atoms with Crippen LogP contribution in [0, 0.1) is 5.82 Å². The van der Waals surface area contributed by atoms with Crippen LogP contribution in [0.3, 0.4) is 0 Å². The van der Waals surface area contributed by atoms with Crippen LogP contribution in [0.15, 0.2) is 34.5 Å². The monoisotopic (exact) mass is 299 g/mol. The normalized spacial score (nSPS) is 12.1. The van der Waals surface area contributed by atoms with Gasteiger partial charge in [-0.2, -0.15) is 0 Å². The van der Waals surface area contributed by atoms with Crippen LogP contribution in [0.5, 0.6) is 0 Å². The zero-order chi connectivity index (χ0) is 13.8. The molecule has 0 radical (unpaired) electrons. The Labute approximate surface area is 115 Å². The van der Waals surface area contributed by atoms with Gasteiger partial charge in [-0.05, 0) is 24.3 Å². The molecule has 2 rings (SSSR count). The van der Waals surface area contributed by atoms with Crippen LogP contribution in [0.2, 0.25) is 0 Å². The highest BCUT2D eigenvalue weighted by molar-refractivity contribution is 7.84. The van der Waals surface area contributed by atoms with Crippen LogP contribution < -0.4 is 11.1 Å². The topological polar surface area (TPSA) is 85.1 Å². The molecule has 8 heteroatoms. The maximum atomic E-state index is 12.7. The second-order valence-corrected chi connectivity index (χ2v) is 5.89. The highest BCUT2D eigenvalue weighted by Crippen LogP contribution is 2.18. The zero-order valence-corrected chi connectivity index (χ0v) is 11.3. The Kier molecular flexibility index (Phi) is 4.23. The second kappa shape index (κ2) is 5.89. The maximum Gasteiger partial charge on any atom is 0.318 e. The van der Waals surface area contributed by atoms with Crippen molar-refractivity contribution in [1.82, 2.24) is 4.98 Å². The summed E-state index contributed by atoms with van der Waals surface area (Å²) in [5.41, 5.74) is 5.54. The molecule has 19 heavy (non-hydrogen) atoms. The fourth-order valence-corrected chi connectivity index (χ4v) is 3.18. The fraction of sp³-hybridized carbons (Fsp3) is 0.0909. The third-order valence-corrected chi connectivity index (χ3v) is 4.30. The zero-order valence-electron chi connectivity index (χ0n) is 9.63. The van der Waals surface area contributed by atoms with Gasteiger partial charge in [0.1, 0.15) is 5.82 Å². The highest BCUT2D eigenvalue weighted by atomic mass is 32.2. The first-order chi connectivity index (χ1) is 9.04. The quantitative estimate of drug-likeness (QED) is 0.906. The molecule has 0 fully saturated rings. The van der Waals surface area contributed by atoms with Gasteiger partial charge >= 0.3 is 6.03 Å². The van der Waals surface area contributed by atoms with Crippen molar-refractivity contribution in [3.63, 3.8) is 0 Å². The minimum absolute atomic E-state index is 0.197. The van der Waals surface area contributed by atoms with E-state index in [1.54, 1.807) is 5.38 Å². The molecule has 1 atom stereocenters. The molecule has 1 heterocycles. The molecule has 1 aromatic heterocycles. The predicted molar refractivity (Wildman–Crippen MR) is 71.8 cm³/mol. The van der Waals surface area contributed by atoms with E-state index in [-0.39, 0.29) is 11.6 Å². The lowest BCUT2D eigenvalue weighted by Crippen LogP contribution is -2.19. The van der Waals surface area contributed by atoms with Crippen molar-refractivity contribution in [1.29, 1.82) is 0 Å². The number of hydrogen-bond donors (Lipinski definition) is 2. The molecule has 1 aromatic carbocycles. The summed E-state index contributed by atoms with van der Waals surface area (Å²) >= 11 is 1.20. The van der Waals surface area contributed by atoms with Crippen molar-refractivity contribution >= 4 is 33.3 Å². The summed E-state index contributed by atoms with van der Waals surface area (Å²) in [5.74, 6) is -0.176. The smallest absolute Gasteiger partial charge is 0.318 e. The molecule has 0 aliphatic carbocycles. The number of nitrogens with zero attached hydrogens (tertiary/aromatic N) is 1. The van der Waals surface area contributed by atoms with Crippen molar-refractivity contribution in [3.05, 3.63) is 41.2 Å². The van der Waals surface area contributed by atoms with Gasteiger partial charge < -0.3 is 5.73 Å². The number of halogens is 1. The Morgan fingerprint density at radius 1 is 1.42 bits per heavy atom. The van der Waals surface area contributed by atoms with Crippen molar-refractivity contribution in [2.75, 3.05) is 5.32 Å². The van der Waals surface area contributed by atoms with Gasteiger partial charge in [0, 0.05) is 10.3 Å². The first-order valence-corrected chi connectivity index (χ1v) is 7.39. The van der Waals surface area contributed by atoms with Gasteiger partial charge in [0.25, 0.3) is 0 Å². The SMILES string of the molecule is NC(=O)Nc1nc(CS(=O)c2ccc(F)cc2)cs1. The molecule has 0 aliphatic heterocycles. The molecule has 100 valence electrons. The third-order valence-electron chi connectivity index (χ3n) is 2.14. The first-order valence-electron chi connectivity index (χ1n) is 5.19. The van der Waals surface area contributed by atoms with Crippen LogP contribution in [0.1, 0.15) is 5.69 Å². The van der Waals surface area contributed by atoms with E-state index in [2.05, 4.69) is 10.3 Å². The van der Waals surface area contributed by atoms with E-state index in [1.807, 2.05) is 0 Å². The Bertz CT molecular complexity index is 613. The molecule has 5 nitrogen and oxygen atoms in total. The van der Waals surface area contributed by atoms with Gasteiger partial charge in [0.2, 0.25) is 0 Å². The summed E-state index contributed by atoms with van der Waals surface area (Å²) in [7, 11) is -1.31. The van der Waals surface area contributed by atoms with E-state index >= 15 is 0 Å². The molecule has 2 aromatic rings. The lowest BCUT2D eigenvalue weighted by Gasteiger charge is -2.00. The van der Waals surface area contributed by atoms with E-state index in [4.69, 9.17) is 5.73 Å². The summed E-state index contributed by atoms with van der Waals surface area (Å²) in [5, 5.41) is 4.39. The Morgan fingerprint density at radius 2 is 2.11 bits per heavy atom. The predicted octanol–water partition coefficient (Wildman–Crippen LogP) is 2.08. The number of hydrogen-bond acceptors (Lipinski definition) is 4. The van der Waals surface area contributed by atoms with Crippen molar-refractivity contribution in [3.8, 4) is 0 Å². The van der Waals surface area contributed by atoms with E-state index < -0.39 is 16.8 Å². The molecule has 1 unspecified atom stereocenters. The average Bonchev–Trinajstić information content (AvgIpc) is 2.76. The van der Waals surface area contributed by atoms with Gasteiger partial charge in [-0.1, -0.05) is 0 Å². The Balaban J connectivity index is 2.04. The molecule has 0 saturated carbocycles. The van der Waals surface area contributed by atoms with E-state index in [1.165, 1.54) is 35.6 Å². The van der Waals surface area contributed by atoms with Crippen molar-refractivity contribution in [2.45, 2.75) is 10.6 Å². The second-order valence-electron chi connectivity index (χ2n) is 3.58. The summed E-state index contributed by atoms with van der Waals surface area (Å²) in [6.45, 7) is 0. The van der Waals surface area contributed by atoms with Crippen LogP contribution in [0.25, 0.3) is 0 Å². The summed E-state index contributed by atoms with van der Waals surface area (Å²) in [6.07, 6.45) is 0. The van der Waals surface area contributed by atoms with E-state index in [0.717, 1.165) is 0 Å². The molecule has 0 aliphatic rings. The van der Waals surface area contributed by atoms with Crippen molar-refractivity contribution < 1.29 is 13.4 Å². The van der Waals surface area contributed by atoms with Crippen LogP contribution in [0.4, 0.5) is 14.3 Å². The standard InChI is InChI=1S/C11H10FN3O2S2/c12-7-1-3-9(4-2-7)19(17)6-8-5-18-11(14-8)15-10(13)16/h1-5H,6H2,(H3,13,14,15,16). The van der Waals surface area contributed by atoms with Gasteiger partial charge in [-0.25, -0.2) is 14.2 Å². The van der Waals surface area contributed by atoms with E-state index in [9.17, 15) is 13.4 Å². The number of aromatic nitrogens is 1. The molecule has 2 amide bonds. The number of carbonyl (C=O) groups excluding carboxylic acids is 1. The van der Waals surface area contributed by atoms with Gasteiger partial charge in [0.05, 0.1) is 22.2 Å². The molecular weight excluding hydrogens is 289 g/mol. The van der Waals surface area contributed by atoms with Crippen LogP contribution in [-0.4, -0.2) is 15.2 Å². The third kappa shape index (κ3) is 3.83. The summed E-state index contributed by atoms with van der Waals surface area (Å²) < 4.78 is 24.7. The number of thiazole rings is 1. The number of nitrogens with two attached hydrogens (primary N) is 1. The fourth-order valence-electron chi connectivity index (χ4n) is 1.34. The van der Waals surface area contributed by atoms with Gasteiger partial charge in [-0.3, -0.25) is 9.53 Å². The molecule has 0 bridgehead atoms. The number of carbonyl (C=O) groups is 1. The number of urea groups is 1. The molecular formula is C11H10FN3O2S2. The van der Waals surface area contributed by atoms with Gasteiger partial charge in [0.15, 0.2) is 5.13 Å². The number of amides is 2. The maximum absolute atomic E-state index is 12.7.